The van der Waals surface area contributed by atoms with Crippen molar-refractivity contribution in [3.8, 4) is 17.1 Å². The van der Waals surface area contributed by atoms with Crippen LogP contribution in [0.1, 0.15) is 26.1 Å². The summed E-state index contributed by atoms with van der Waals surface area (Å²) in [5.41, 5.74) is 0.680. The second kappa shape index (κ2) is 7.85. The first-order valence-corrected chi connectivity index (χ1v) is 8.54. The van der Waals surface area contributed by atoms with Crippen molar-refractivity contribution >= 4 is 5.65 Å². The maximum absolute atomic E-state index is 14.2. The molecular weight excluding hydrogens is 401 g/mol. The molecule has 3 aromatic heterocycles. The average molecular weight is 417 g/mol. The summed E-state index contributed by atoms with van der Waals surface area (Å²) in [5.74, 6) is -0.944. The number of ether oxygens (including phenoxy) is 2. The number of fused-ring (bicyclic) bond motifs is 1. The van der Waals surface area contributed by atoms with E-state index >= 15 is 0 Å². The van der Waals surface area contributed by atoms with Gasteiger partial charge in [-0.25, -0.2) is 4.98 Å². The molecule has 12 heteroatoms. The fourth-order valence-electron chi connectivity index (χ4n) is 2.29. The lowest BCUT2D eigenvalue weighted by atomic mass is 10.2. The number of hydrogen-bond donors (Lipinski definition) is 0. The Balaban J connectivity index is 1.88. The summed E-state index contributed by atoms with van der Waals surface area (Å²) in [5, 5.41) is 7.13. The van der Waals surface area contributed by atoms with Crippen LogP contribution in [0.2, 0.25) is 0 Å². The molecule has 156 valence electrons. The molecule has 0 spiro atoms. The van der Waals surface area contributed by atoms with E-state index in [1.165, 1.54) is 30.7 Å². The lowest BCUT2D eigenvalue weighted by Crippen LogP contribution is -2.31. The number of rotatable bonds is 7. The zero-order chi connectivity index (χ0) is 21.2. The number of alkyl halides is 5. The lowest BCUT2D eigenvalue weighted by Gasteiger charge is -2.16. The van der Waals surface area contributed by atoms with Crippen molar-refractivity contribution < 1.29 is 31.4 Å². The van der Waals surface area contributed by atoms with Crippen LogP contribution in [0.15, 0.2) is 30.7 Å². The van der Waals surface area contributed by atoms with Gasteiger partial charge in [-0.15, -0.1) is 10.2 Å². The highest BCUT2D eigenvalue weighted by atomic mass is 19.4. The number of aromatic nitrogens is 5. The summed E-state index contributed by atoms with van der Waals surface area (Å²) in [4.78, 5) is 7.91. The van der Waals surface area contributed by atoms with Crippen LogP contribution in [0, 0.1) is 0 Å². The van der Waals surface area contributed by atoms with E-state index in [4.69, 9.17) is 4.74 Å². The van der Waals surface area contributed by atoms with E-state index in [-0.39, 0.29) is 23.8 Å². The van der Waals surface area contributed by atoms with Gasteiger partial charge in [0.15, 0.2) is 11.8 Å². The average Bonchev–Trinajstić information content (AvgIpc) is 3.10. The lowest BCUT2D eigenvalue weighted by molar-refractivity contribution is -0.254. The fraction of sp³-hybridized carbons (Fsp3) is 0.412. The third-order valence-electron chi connectivity index (χ3n) is 3.83. The Hall–Kier alpha value is -2.89. The molecule has 1 atom stereocenters. The predicted molar refractivity (Wildman–Crippen MR) is 90.3 cm³/mol. The number of nitrogens with zero attached hydrogens (tertiary/aromatic N) is 5. The molecule has 0 amide bonds. The van der Waals surface area contributed by atoms with Crippen molar-refractivity contribution in [3.63, 3.8) is 0 Å². The van der Waals surface area contributed by atoms with Gasteiger partial charge in [-0.05, 0) is 19.4 Å². The van der Waals surface area contributed by atoms with Crippen molar-refractivity contribution in [3.05, 3.63) is 36.5 Å². The van der Waals surface area contributed by atoms with E-state index in [9.17, 15) is 22.0 Å². The highest BCUT2D eigenvalue weighted by molar-refractivity contribution is 5.59. The molecule has 0 radical (unpaired) electrons. The zero-order valence-corrected chi connectivity index (χ0v) is 15.3. The minimum absolute atomic E-state index is 0.0791. The van der Waals surface area contributed by atoms with Crippen LogP contribution < -0.4 is 4.74 Å². The summed E-state index contributed by atoms with van der Waals surface area (Å²) in [6.07, 6.45) is -6.09. The monoisotopic (exact) mass is 417 g/mol. The summed E-state index contributed by atoms with van der Waals surface area (Å²) < 4.78 is 76.5. The van der Waals surface area contributed by atoms with Crippen LogP contribution in [0.4, 0.5) is 22.0 Å². The van der Waals surface area contributed by atoms with Gasteiger partial charge in [0.1, 0.15) is 0 Å². The Morgan fingerprint density at radius 2 is 1.83 bits per heavy atom. The van der Waals surface area contributed by atoms with Crippen molar-refractivity contribution in [2.75, 3.05) is 6.61 Å². The highest BCUT2D eigenvalue weighted by Crippen LogP contribution is 2.29. The van der Waals surface area contributed by atoms with Crippen LogP contribution in [-0.4, -0.2) is 43.5 Å². The van der Waals surface area contributed by atoms with Crippen LogP contribution >= 0.6 is 0 Å². The van der Waals surface area contributed by atoms with Gasteiger partial charge in [0.2, 0.25) is 11.7 Å². The first kappa shape index (κ1) is 20.8. The Bertz CT molecular complexity index is 974. The summed E-state index contributed by atoms with van der Waals surface area (Å²) in [7, 11) is 0. The molecule has 7 nitrogen and oxygen atoms in total. The summed E-state index contributed by atoms with van der Waals surface area (Å²) in [6.45, 7) is 2.39. The molecule has 0 bridgehead atoms. The highest BCUT2D eigenvalue weighted by Gasteiger charge is 2.39. The largest absolute Gasteiger partial charge is 0.465 e. The van der Waals surface area contributed by atoms with E-state index in [1.807, 2.05) is 0 Å². The Morgan fingerprint density at radius 1 is 1.07 bits per heavy atom. The first-order valence-electron chi connectivity index (χ1n) is 8.54. The molecule has 0 N–H and O–H groups in total. The smallest absolute Gasteiger partial charge is 0.425 e. The van der Waals surface area contributed by atoms with E-state index in [1.54, 1.807) is 6.92 Å². The van der Waals surface area contributed by atoms with E-state index in [0.29, 0.717) is 12.0 Å². The minimum atomic E-state index is -4.52. The van der Waals surface area contributed by atoms with Crippen molar-refractivity contribution in [2.24, 2.45) is 0 Å². The molecule has 3 aromatic rings. The molecule has 0 unspecified atom stereocenters. The molecular formula is C17H16F5N5O2. The maximum Gasteiger partial charge on any atom is 0.425 e. The number of pyridine rings is 1. The molecule has 0 fully saturated rings. The molecule has 3 heterocycles. The molecule has 0 saturated heterocycles. The van der Waals surface area contributed by atoms with Crippen molar-refractivity contribution in [1.29, 1.82) is 0 Å². The molecule has 3 rings (SSSR count). The zero-order valence-electron chi connectivity index (χ0n) is 15.3. The molecule has 29 heavy (non-hydrogen) atoms. The summed E-state index contributed by atoms with van der Waals surface area (Å²) >= 11 is 0. The molecule has 0 aliphatic carbocycles. The number of halogens is 5. The fourth-order valence-corrected chi connectivity index (χ4v) is 2.29. The molecule has 0 aliphatic rings. The normalized spacial score (nSPS) is 13.6. The minimum Gasteiger partial charge on any atom is -0.465 e. The van der Waals surface area contributed by atoms with Crippen molar-refractivity contribution in [2.45, 2.75) is 38.7 Å². The predicted octanol–water partition coefficient (Wildman–Crippen LogP) is 3.99. The SMILES string of the molecule is CCCOC(F)(F)c1nnc2cnc(-c3ccc(O[C@H](C)C(F)(F)F)nc3)cn12. The maximum atomic E-state index is 14.2. The van der Waals surface area contributed by atoms with Crippen LogP contribution in [0.3, 0.4) is 0 Å². The Morgan fingerprint density at radius 3 is 2.45 bits per heavy atom. The van der Waals surface area contributed by atoms with Crippen LogP contribution in [0.5, 0.6) is 5.88 Å². The number of hydrogen-bond acceptors (Lipinski definition) is 6. The first-order chi connectivity index (χ1) is 13.6. The van der Waals surface area contributed by atoms with Gasteiger partial charge in [0.05, 0.1) is 18.5 Å². The van der Waals surface area contributed by atoms with Crippen molar-refractivity contribution in [1.82, 2.24) is 24.6 Å². The second-order valence-corrected chi connectivity index (χ2v) is 6.08. The molecule has 0 saturated carbocycles. The van der Waals surface area contributed by atoms with E-state index < -0.39 is 24.2 Å². The third-order valence-corrected chi connectivity index (χ3v) is 3.83. The van der Waals surface area contributed by atoms with Gasteiger partial charge >= 0.3 is 12.3 Å². The van der Waals surface area contributed by atoms with Gasteiger partial charge in [-0.1, -0.05) is 6.92 Å². The van der Waals surface area contributed by atoms with Gasteiger partial charge in [0.25, 0.3) is 0 Å². The third kappa shape index (κ3) is 4.58. The van der Waals surface area contributed by atoms with Gasteiger partial charge < -0.3 is 9.47 Å². The Kier molecular flexibility index (Phi) is 5.64. The van der Waals surface area contributed by atoms with Crippen LogP contribution in [0.25, 0.3) is 16.9 Å². The standard InChI is InChI=1S/C17H16F5N5O2/c1-3-6-28-17(21,22)15-26-25-13-8-23-12(9-27(13)15)11-4-5-14(24-7-11)29-10(2)16(18,19)20/h4-5,7-10H,3,6H2,1-2H3/t10-/m1/s1. The van der Waals surface area contributed by atoms with Gasteiger partial charge in [0, 0.05) is 24.0 Å². The second-order valence-electron chi connectivity index (χ2n) is 6.08. The molecule has 0 aromatic carbocycles. The van der Waals surface area contributed by atoms with Crippen LogP contribution in [-0.2, 0) is 10.8 Å². The Labute approximate surface area is 161 Å². The quantitative estimate of drug-likeness (QED) is 0.541. The summed E-state index contributed by atoms with van der Waals surface area (Å²) in [6, 6.07) is 2.64. The molecule has 0 aliphatic heterocycles. The van der Waals surface area contributed by atoms with Gasteiger partial charge in [-0.3, -0.25) is 9.38 Å². The van der Waals surface area contributed by atoms with Gasteiger partial charge in [-0.2, -0.15) is 22.0 Å². The van der Waals surface area contributed by atoms with E-state index in [0.717, 1.165) is 11.3 Å². The topological polar surface area (TPSA) is 74.4 Å². The van der Waals surface area contributed by atoms with E-state index in [2.05, 4.69) is 24.9 Å².